The zero-order valence-electron chi connectivity index (χ0n) is 27.9. The van der Waals surface area contributed by atoms with E-state index < -0.39 is 54.7 Å². The van der Waals surface area contributed by atoms with E-state index in [1.54, 1.807) is 36.1 Å². The number of aliphatic hydroxyl groups excluding tert-OH is 5. The van der Waals surface area contributed by atoms with E-state index in [0.717, 1.165) is 24.6 Å². The van der Waals surface area contributed by atoms with Gasteiger partial charge < -0.3 is 40.1 Å². The summed E-state index contributed by atoms with van der Waals surface area (Å²) in [4.78, 5) is 31.0. The van der Waals surface area contributed by atoms with Crippen LogP contribution in [-0.4, -0.2) is 103 Å². The number of halogens is 1. The lowest BCUT2D eigenvalue weighted by Gasteiger charge is -2.33. The number of carbonyl (C=O) groups is 2. The number of ether oxygens (including phenoxy) is 2. The molecule has 3 aromatic rings. The predicted octanol–water partition coefficient (Wildman–Crippen LogP) is 2.98. The minimum absolute atomic E-state index is 0.0340. The van der Waals surface area contributed by atoms with E-state index in [0.29, 0.717) is 11.1 Å². The van der Waals surface area contributed by atoms with Gasteiger partial charge in [-0.1, -0.05) is 25.1 Å². The molecule has 1 heterocycles. The minimum Gasteiger partial charge on any atom is -0.481 e. The van der Waals surface area contributed by atoms with Gasteiger partial charge in [-0.05, 0) is 79.5 Å². The number of aliphatic carboxylic acids is 1. The van der Waals surface area contributed by atoms with E-state index in [2.05, 4.69) is 4.98 Å². The molecule has 12 nitrogen and oxygen atoms in total. The fourth-order valence-electron chi connectivity index (χ4n) is 5.97. The summed E-state index contributed by atoms with van der Waals surface area (Å²) in [6.45, 7) is 4.33. The second-order valence-corrected chi connectivity index (χ2v) is 12.9. The van der Waals surface area contributed by atoms with Gasteiger partial charge >= 0.3 is 11.9 Å². The Balaban J connectivity index is 1.67. The monoisotopic (exact) mass is 684 g/mol. The highest BCUT2D eigenvalue weighted by molar-refractivity contribution is 5.92. The number of carbonyl (C=O) groups excluding carboxylic acids is 1. The van der Waals surface area contributed by atoms with Gasteiger partial charge in [-0.2, -0.15) is 0 Å². The second-order valence-electron chi connectivity index (χ2n) is 12.9. The molecule has 1 aromatic heterocycles. The maximum absolute atomic E-state index is 15.2. The van der Waals surface area contributed by atoms with Crippen molar-refractivity contribution in [2.75, 3.05) is 20.3 Å². The first-order chi connectivity index (χ1) is 23.2. The Bertz CT molecular complexity index is 1600. The van der Waals surface area contributed by atoms with Crippen LogP contribution in [0.25, 0.3) is 11.1 Å². The number of benzene rings is 2. The summed E-state index contributed by atoms with van der Waals surface area (Å²) in [6, 6.07) is 12.6. The number of aliphatic hydroxyl groups is 5. The first-order valence-corrected chi connectivity index (χ1v) is 16.2. The van der Waals surface area contributed by atoms with Crippen molar-refractivity contribution < 1.29 is 54.1 Å². The molecule has 266 valence electrons. The van der Waals surface area contributed by atoms with Crippen LogP contribution in [-0.2, 0) is 11.3 Å². The minimum atomic E-state index is -1.81. The summed E-state index contributed by atoms with van der Waals surface area (Å²) in [5.74, 6) is -2.46. The number of hydrogen-bond acceptors (Lipinski definition) is 11. The summed E-state index contributed by atoms with van der Waals surface area (Å²) >= 11 is 0. The molecule has 6 atom stereocenters. The van der Waals surface area contributed by atoms with Gasteiger partial charge in [-0.15, -0.1) is 0 Å². The number of rotatable bonds is 17. The fraction of sp³-hybridized carbons (Fsp3) is 0.472. The van der Waals surface area contributed by atoms with Crippen LogP contribution in [0.2, 0.25) is 0 Å². The summed E-state index contributed by atoms with van der Waals surface area (Å²) in [7, 11) is 1.39. The predicted molar refractivity (Wildman–Crippen MR) is 177 cm³/mol. The standard InChI is InChI=1S/C36H45FN2O10/c1-19(2)39(17-29(41)33(43)34(44)30(42)18-40)16-24-12-23(10-11-26(24)27-14-31(48-4)38-15-28(27)37)36(47)49-25-7-5-6-22(13-25)32(21-8-9-21)20(3)35(45)46/h5-7,10-15,19-21,29-30,32-34,40-44H,8-9,16-18H2,1-4H3,(H,45,46). The molecule has 0 amide bonds. The molecule has 1 fully saturated rings. The molecule has 6 N–H and O–H groups in total. The Hall–Kier alpha value is -3.98. The second kappa shape index (κ2) is 16.6. The number of nitrogens with zero attached hydrogens (tertiary/aromatic N) is 2. The molecule has 1 aliphatic carbocycles. The van der Waals surface area contributed by atoms with Crippen LogP contribution in [0.1, 0.15) is 61.0 Å². The van der Waals surface area contributed by atoms with Gasteiger partial charge in [-0.25, -0.2) is 14.2 Å². The zero-order valence-corrected chi connectivity index (χ0v) is 27.9. The Kier molecular flexibility index (Phi) is 12.8. The topological polar surface area (TPSA) is 190 Å². The molecule has 4 rings (SSSR count). The highest BCUT2D eigenvalue weighted by Gasteiger charge is 2.39. The van der Waals surface area contributed by atoms with E-state index in [1.807, 2.05) is 19.9 Å². The first-order valence-electron chi connectivity index (χ1n) is 16.2. The molecule has 13 heteroatoms. The van der Waals surface area contributed by atoms with Gasteiger partial charge in [0.2, 0.25) is 5.88 Å². The molecule has 0 bridgehead atoms. The fourth-order valence-corrected chi connectivity index (χ4v) is 5.97. The molecule has 1 aliphatic rings. The molecule has 0 aliphatic heterocycles. The quantitative estimate of drug-likeness (QED) is 0.0902. The van der Waals surface area contributed by atoms with Gasteiger partial charge in [0.1, 0.15) is 29.9 Å². The molecule has 0 spiro atoms. The van der Waals surface area contributed by atoms with Gasteiger partial charge in [0.25, 0.3) is 0 Å². The molecular weight excluding hydrogens is 639 g/mol. The van der Waals surface area contributed by atoms with Gasteiger partial charge in [0, 0.05) is 30.8 Å². The van der Waals surface area contributed by atoms with E-state index in [9.17, 15) is 35.1 Å². The van der Waals surface area contributed by atoms with Crippen molar-refractivity contribution >= 4 is 11.9 Å². The van der Waals surface area contributed by atoms with Crippen LogP contribution in [0.5, 0.6) is 11.6 Å². The SMILES string of the molecule is COc1cc(-c2ccc(C(=O)Oc3cccc(C(C4CC4)C(C)C(=O)O)c3)cc2CN(CC(O)C(O)C(O)C(O)CO)C(C)C)c(F)cn1. The number of aromatic nitrogens is 1. The van der Waals surface area contributed by atoms with Crippen molar-refractivity contribution in [1.29, 1.82) is 0 Å². The third kappa shape index (κ3) is 9.38. The zero-order chi connectivity index (χ0) is 36.0. The van der Waals surface area contributed by atoms with E-state index in [-0.39, 0.29) is 53.7 Å². The number of carboxylic acid groups (broad SMARTS) is 1. The lowest BCUT2D eigenvalue weighted by atomic mass is 9.83. The molecule has 0 radical (unpaired) electrons. The van der Waals surface area contributed by atoms with Crippen molar-refractivity contribution in [3.63, 3.8) is 0 Å². The molecule has 6 unspecified atom stereocenters. The summed E-state index contributed by atoms with van der Waals surface area (Å²) in [5.41, 5.74) is 1.88. The molecular formula is C36H45FN2O10. The molecule has 0 saturated heterocycles. The first kappa shape index (κ1) is 37.8. The molecule has 1 saturated carbocycles. The van der Waals surface area contributed by atoms with Crippen LogP contribution in [0.3, 0.4) is 0 Å². The van der Waals surface area contributed by atoms with Crippen LogP contribution in [0.15, 0.2) is 54.7 Å². The Morgan fingerprint density at radius 3 is 2.29 bits per heavy atom. The van der Waals surface area contributed by atoms with Crippen LogP contribution in [0, 0.1) is 17.7 Å². The lowest BCUT2D eigenvalue weighted by Crippen LogP contribution is -2.50. The molecule has 2 aromatic carbocycles. The largest absolute Gasteiger partial charge is 0.481 e. The van der Waals surface area contributed by atoms with Crippen molar-refractivity contribution in [1.82, 2.24) is 9.88 Å². The number of carboxylic acids is 1. The summed E-state index contributed by atoms with van der Waals surface area (Å²) in [6.07, 6.45) is -3.95. The maximum atomic E-state index is 15.2. The third-order valence-corrected chi connectivity index (χ3v) is 9.03. The smallest absolute Gasteiger partial charge is 0.343 e. The van der Waals surface area contributed by atoms with Crippen LogP contribution < -0.4 is 9.47 Å². The number of hydrogen-bond donors (Lipinski definition) is 6. The lowest BCUT2D eigenvalue weighted by molar-refractivity contribution is -0.142. The number of pyridine rings is 1. The molecule has 49 heavy (non-hydrogen) atoms. The summed E-state index contributed by atoms with van der Waals surface area (Å²) in [5, 5.41) is 59.9. The number of methoxy groups -OCH3 is 1. The highest BCUT2D eigenvalue weighted by Crippen LogP contribution is 2.47. The van der Waals surface area contributed by atoms with Crippen LogP contribution >= 0.6 is 0 Å². The van der Waals surface area contributed by atoms with Gasteiger partial charge in [0.05, 0.1) is 37.5 Å². The van der Waals surface area contributed by atoms with Gasteiger partial charge in [-0.3, -0.25) is 9.69 Å². The van der Waals surface area contributed by atoms with Gasteiger partial charge in [0.15, 0.2) is 0 Å². The number of esters is 1. The van der Waals surface area contributed by atoms with Crippen molar-refractivity contribution in [3.8, 4) is 22.8 Å². The highest BCUT2D eigenvalue weighted by atomic mass is 19.1. The Morgan fingerprint density at radius 1 is 0.980 bits per heavy atom. The van der Waals surface area contributed by atoms with E-state index >= 15 is 4.39 Å². The van der Waals surface area contributed by atoms with Crippen molar-refractivity contribution in [3.05, 3.63) is 77.2 Å². The van der Waals surface area contributed by atoms with Crippen molar-refractivity contribution in [2.24, 2.45) is 11.8 Å². The van der Waals surface area contributed by atoms with Crippen molar-refractivity contribution in [2.45, 2.75) is 76.5 Å². The normalized spacial score (nSPS) is 16.9. The third-order valence-electron chi connectivity index (χ3n) is 9.03. The Morgan fingerprint density at radius 2 is 1.67 bits per heavy atom. The average Bonchev–Trinajstić information content (AvgIpc) is 3.92. The maximum Gasteiger partial charge on any atom is 0.343 e. The van der Waals surface area contributed by atoms with Crippen LogP contribution in [0.4, 0.5) is 4.39 Å². The van der Waals surface area contributed by atoms with E-state index in [4.69, 9.17) is 14.6 Å². The summed E-state index contributed by atoms with van der Waals surface area (Å²) < 4.78 is 26.1. The average molecular weight is 685 g/mol. The Labute approximate surface area is 284 Å². The van der Waals surface area contributed by atoms with E-state index in [1.165, 1.54) is 25.3 Å².